The Bertz CT molecular complexity index is 332. The molecule has 0 aromatic rings. The number of allylic oxidation sites excluding steroid dienone is 2. The molecule has 25 heavy (non-hydrogen) atoms. The highest BCUT2D eigenvalue weighted by atomic mass is 32.2. The Hall–Kier alpha value is -0.0900. The maximum atomic E-state index is 11.1. The summed E-state index contributed by atoms with van der Waals surface area (Å²) in [6.45, 7) is 2.26. The van der Waals surface area contributed by atoms with Crippen LogP contribution in [0.3, 0.4) is 0 Å². The van der Waals surface area contributed by atoms with Crippen LogP contribution >= 0.6 is 23.5 Å². The summed E-state index contributed by atoms with van der Waals surface area (Å²) in [7, 11) is 1.47. The molecule has 0 bridgehead atoms. The maximum absolute atomic E-state index is 11.1. The molecule has 2 unspecified atom stereocenters. The Morgan fingerprint density at radius 2 is 1.60 bits per heavy atom. The molecule has 0 fully saturated rings. The van der Waals surface area contributed by atoms with E-state index in [2.05, 4.69) is 36.3 Å². The minimum absolute atomic E-state index is 0.0759. The number of esters is 1. The van der Waals surface area contributed by atoms with Crippen molar-refractivity contribution in [3.63, 3.8) is 0 Å². The summed E-state index contributed by atoms with van der Waals surface area (Å²) in [5.74, 6) is -0.0759. The third kappa shape index (κ3) is 14.7. The van der Waals surface area contributed by atoms with Gasteiger partial charge in [0, 0.05) is 16.9 Å². The van der Waals surface area contributed by atoms with Gasteiger partial charge in [0.2, 0.25) is 0 Å². The molecule has 0 radical (unpaired) electrons. The molecule has 2 atom stereocenters. The molecule has 2 nitrogen and oxygen atoms in total. The van der Waals surface area contributed by atoms with Gasteiger partial charge in [-0.25, -0.2) is 0 Å². The lowest BCUT2D eigenvalue weighted by atomic mass is 10.1. The van der Waals surface area contributed by atoms with Crippen LogP contribution in [-0.2, 0) is 9.53 Å². The standard InChI is InChI=1S/C21H40O2S2/c1-5-6-7-8-10-13-16-19(24-3)20(25-4)17-14-11-9-12-15-18-21(22)23-2/h10,13,19-20H,5-9,11-12,14-18H2,1-4H3. The maximum Gasteiger partial charge on any atom is 0.305 e. The summed E-state index contributed by atoms with van der Waals surface area (Å²) >= 11 is 4.06. The van der Waals surface area contributed by atoms with Crippen LogP contribution in [0.2, 0.25) is 0 Å². The molecular weight excluding hydrogens is 348 g/mol. The minimum Gasteiger partial charge on any atom is -0.469 e. The van der Waals surface area contributed by atoms with Gasteiger partial charge in [-0.2, -0.15) is 23.5 Å². The molecule has 0 aromatic heterocycles. The third-order valence-corrected chi connectivity index (χ3v) is 7.10. The summed E-state index contributed by atoms with van der Waals surface area (Å²) in [5.41, 5.74) is 0. The van der Waals surface area contributed by atoms with Gasteiger partial charge in [-0.3, -0.25) is 4.79 Å². The van der Waals surface area contributed by atoms with Crippen molar-refractivity contribution in [2.24, 2.45) is 0 Å². The van der Waals surface area contributed by atoms with Gasteiger partial charge >= 0.3 is 5.97 Å². The summed E-state index contributed by atoms with van der Waals surface area (Å²) in [6.07, 6.45) is 23.6. The van der Waals surface area contributed by atoms with Crippen LogP contribution in [0, 0.1) is 0 Å². The van der Waals surface area contributed by atoms with Gasteiger partial charge in [-0.1, -0.05) is 57.6 Å². The quantitative estimate of drug-likeness (QED) is 0.154. The first kappa shape index (κ1) is 24.9. The van der Waals surface area contributed by atoms with Crippen LogP contribution in [0.25, 0.3) is 0 Å². The first-order valence-corrected chi connectivity index (χ1v) is 12.5. The summed E-state index contributed by atoms with van der Waals surface area (Å²) in [5, 5.41) is 1.49. The van der Waals surface area contributed by atoms with Crippen molar-refractivity contribution in [2.75, 3.05) is 19.6 Å². The summed E-state index contributed by atoms with van der Waals surface area (Å²) in [6, 6.07) is 0. The number of carbonyl (C=O) groups excluding carboxylic acids is 1. The molecule has 0 N–H and O–H groups in total. The second-order valence-corrected chi connectivity index (χ2v) is 8.79. The number of methoxy groups -OCH3 is 1. The lowest BCUT2D eigenvalue weighted by molar-refractivity contribution is -0.140. The molecule has 0 aliphatic heterocycles. The predicted molar refractivity (Wildman–Crippen MR) is 117 cm³/mol. The van der Waals surface area contributed by atoms with Gasteiger partial charge in [0.1, 0.15) is 0 Å². The van der Waals surface area contributed by atoms with Gasteiger partial charge in [-0.05, 0) is 44.6 Å². The zero-order valence-corrected chi connectivity index (χ0v) is 18.6. The van der Waals surface area contributed by atoms with E-state index >= 15 is 0 Å². The first-order valence-electron chi connectivity index (χ1n) is 9.96. The van der Waals surface area contributed by atoms with E-state index < -0.39 is 0 Å². The number of thioether (sulfide) groups is 2. The van der Waals surface area contributed by atoms with E-state index in [1.54, 1.807) is 0 Å². The predicted octanol–water partition coefficient (Wildman–Crippen LogP) is 6.88. The van der Waals surface area contributed by atoms with Crippen LogP contribution in [-0.4, -0.2) is 36.1 Å². The molecule has 0 aromatic carbocycles. The SMILES string of the molecule is CCCCCC=CCC(SC)C(CCCCCCCC(=O)OC)SC. The Labute approximate surface area is 165 Å². The van der Waals surface area contributed by atoms with Crippen LogP contribution < -0.4 is 0 Å². The van der Waals surface area contributed by atoms with Gasteiger partial charge in [-0.15, -0.1) is 0 Å². The molecule has 0 amide bonds. The van der Waals surface area contributed by atoms with E-state index in [1.165, 1.54) is 64.9 Å². The van der Waals surface area contributed by atoms with Crippen molar-refractivity contribution in [1.82, 2.24) is 0 Å². The Balaban J connectivity index is 3.85. The van der Waals surface area contributed by atoms with Crippen LogP contribution in [0.4, 0.5) is 0 Å². The number of hydrogen-bond donors (Lipinski definition) is 0. The fourth-order valence-corrected chi connectivity index (χ4v) is 5.19. The van der Waals surface area contributed by atoms with E-state index in [0.717, 1.165) is 23.3 Å². The zero-order valence-electron chi connectivity index (χ0n) is 16.9. The zero-order chi connectivity index (χ0) is 18.8. The molecule has 0 saturated heterocycles. The topological polar surface area (TPSA) is 26.3 Å². The third-order valence-electron chi connectivity index (χ3n) is 4.63. The Kier molecular flexibility index (Phi) is 18.6. The number of carbonyl (C=O) groups is 1. The highest BCUT2D eigenvalue weighted by molar-refractivity contribution is 8.03. The van der Waals surface area contributed by atoms with Crippen molar-refractivity contribution in [3.05, 3.63) is 12.2 Å². The number of rotatable bonds is 17. The lowest BCUT2D eigenvalue weighted by Crippen LogP contribution is -2.19. The molecule has 148 valence electrons. The van der Waals surface area contributed by atoms with E-state index in [1.807, 2.05) is 23.5 Å². The smallest absolute Gasteiger partial charge is 0.305 e. The summed E-state index contributed by atoms with van der Waals surface area (Å²) < 4.78 is 4.67. The van der Waals surface area contributed by atoms with Crippen molar-refractivity contribution < 1.29 is 9.53 Å². The molecule has 0 heterocycles. The van der Waals surface area contributed by atoms with Gasteiger partial charge in [0.25, 0.3) is 0 Å². The van der Waals surface area contributed by atoms with Crippen molar-refractivity contribution in [1.29, 1.82) is 0 Å². The average molecular weight is 389 g/mol. The molecule has 0 saturated carbocycles. The van der Waals surface area contributed by atoms with Gasteiger partial charge in [0.15, 0.2) is 0 Å². The second-order valence-electron chi connectivity index (χ2n) is 6.63. The van der Waals surface area contributed by atoms with Crippen molar-refractivity contribution in [2.45, 2.75) is 94.5 Å². The van der Waals surface area contributed by atoms with Crippen molar-refractivity contribution in [3.8, 4) is 0 Å². The number of hydrogen-bond acceptors (Lipinski definition) is 4. The van der Waals surface area contributed by atoms with Gasteiger partial charge < -0.3 is 4.74 Å². The van der Waals surface area contributed by atoms with E-state index in [9.17, 15) is 4.79 Å². The molecule has 0 aliphatic carbocycles. The fraction of sp³-hybridized carbons (Fsp3) is 0.857. The fourth-order valence-electron chi connectivity index (χ4n) is 2.96. The summed E-state index contributed by atoms with van der Waals surface area (Å²) in [4.78, 5) is 11.1. The monoisotopic (exact) mass is 388 g/mol. The van der Waals surface area contributed by atoms with Gasteiger partial charge in [0.05, 0.1) is 7.11 Å². The number of unbranched alkanes of at least 4 members (excludes halogenated alkanes) is 7. The molecule has 4 heteroatoms. The molecule has 0 spiro atoms. The largest absolute Gasteiger partial charge is 0.469 e. The average Bonchev–Trinajstić information content (AvgIpc) is 2.64. The van der Waals surface area contributed by atoms with E-state index in [4.69, 9.17) is 0 Å². The minimum atomic E-state index is -0.0759. The highest BCUT2D eigenvalue weighted by Crippen LogP contribution is 2.29. The first-order chi connectivity index (χ1) is 12.2. The molecular formula is C21H40O2S2. The highest BCUT2D eigenvalue weighted by Gasteiger charge is 2.18. The van der Waals surface area contributed by atoms with Crippen LogP contribution in [0.5, 0.6) is 0 Å². The Morgan fingerprint density at radius 3 is 2.24 bits per heavy atom. The number of ether oxygens (including phenoxy) is 1. The molecule has 0 rings (SSSR count). The van der Waals surface area contributed by atoms with Crippen LogP contribution in [0.15, 0.2) is 12.2 Å². The van der Waals surface area contributed by atoms with E-state index in [0.29, 0.717) is 6.42 Å². The van der Waals surface area contributed by atoms with Crippen LogP contribution in [0.1, 0.15) is 84.0 Å². The van der Waals surface area contributed by atoms with Crippen molar-refractivity contribution >= 4 is 29.5 Å². The van der Waals surface area contributed by atoms with E-state index in [-0.39, 0.29) is 5.97 Å². The normalized spacial score (nSPS) is 13.9. The lowest BCUT2D eigenvalue weighted by Gasteiger charge is -2.23. The molecule has 0 aliphatic rings. The Morgan fingerprint density at radius 1 is 0.920 bits per heavy atom. The second kappa shape index (κ2) is 18.7.